The van der Waals surface area contributed by atoms with E-state index in [1.54, 1.807) is 0 Å². The zero-order valence-electron chi connectivity index (χ0n) is 8.54. The maximum absolute atomic E-state index is 13.2. The first-order valence-electron chi connectivity index (χ1n) is 4.46. The third kappa shape index (κ3) is 2.66. The van der Waals surface area contributed by atoms with Gasteiger partial charge in [0, 0.05) is 0 Å². The van der Waals surface area contributed by atoms with Crippen LogP contribution in [0.15, 0.2) is 12.1 Å². The maximum atomic E-state index is 13.2. The van der Waals surface area contributed by atoms with E-state index in [1.165, 1.54) is 0 Å². The first-order chi connectivity index (χ1) is 7.45. The molecule has 0 saturated heterocycles. The molecule has 0 fully saturated rings. The number of carboxylic acids is 1. The minimum Gasteiger partial charge on any atom is -0.491 e. The van der Waals surface area contributed by atoms with Crippen LogP contribution < -0.4 is 10.5 Å². The molecule has 0 bridgehead atoms. The van der Waals surface area contributed by atoms with Gasteiger partial charge in [0.15, 0.2) is 17.4 Å². The fourth-order valence-corrected chi connectivity index (χ4v) is 1.27. The Bertz CT molecular complexity index is 386. The smallest absolute Gasteiger partial charge is 0.320 e. The normalized spacial score (nSPS) is 12.2. The van der Waals surface area contributed by atoms with Crippen LogP contribution in [0.4, 0.5) is 8.78 Å². The van der Waals surface area contributed by atoms with E-state index >= 15 is 0 Å². The SMILES string of the molecule is COc1c(F)cc(C[C@H](N)C(=O)O)cc1F. The second-order valence-electron chi connectivity index (χ2n) is 3.24. The number of ether oxygens (including phenoxy) is 1. The van der Waals surface area contributed by atoms with Crippen LogP contribution in [0.1, 0.15) is 5.56 Å². The lowest BCUT2D eigenvalue weighted by Crippen LogP contribution is -2.32. The van der Waals surface area contributed by atoms with E-state index in [-0.39, 0.29) is 12.0 Å². The van der Waals surface area contributed by atoms with E-state index in [4.69, 9.17) is 10.8 Å². The number of nitrogens with two attached hydrogens (primary N) is 1. The van der Waals surface area contributed by atoms with Crippen molar-refractivity contribution >= 4 is 5.97 Å². The summed E-state index contributed by atoms with van der Waals surface area (Å²) in [6.45, 7) is 0. The number of benzene rings is 1. The van der Waals surface area contributed by atoms with Gasteiger partial charge in [-0.15, -0.1) is 0 Å². The number of aliphatic carboxylic acids is 1. The molecule has 0 amide bonds. The van der Waals surface area contributed by atoms with Crippen LogP contribution in [-0.4, -0.2) is 24.2 Å². The number of hydrogen-bond donors (Lipinski definition) is 2. The van der Waals surface area contributed by atoms with Crippen molar-refractivity contribution in [3.05, 3.63) is 29.3 Å². The lowest BCUT2D eigenvalue weighted by atomic mass is 10.1. The number of methoxy groups -OCH3 is 1. The second kappa shape index (κ2) is 4.89. The highest BCUT2D eigenvalue weighted by atomic mass is 19.1. The summed E-state index contributed by atoms with van der Waals surface area (Å²) < 4.78 is 30.9. The average Bonchev–Trinajstić information content (AvgIpc) is 2.16. The Morgan fingerprint density at radius 1 is 1.50 bits per heavy atom. The monoisotopic (exact) mass is 231 g/mol. The molecule has 0 saturated carbocycles. The summed E-state index contributed by atoms with van der Waals surface area (Å²) in [7, 11) is 1.14. The molecule has 1 aromatic carbocycles. The molecule has 0 aliphatic rings. The molecule has 0 aliphatic heterocycles. The van der Waals surface area contributed by atoms with E-state index in [9.17, 15) is 13.6 Å². The fourth-order valence-electron chi connectivity index (χ4n) is 1.27. The second-order valence-corrected chi connectivity index (χ2v) is 3.24. The van der Waals surface area contributed by atoms with E-state index in [0.29, 0.717) is 0 Å². The molecular formula is C10H11F2NO3. The van der Waals surface area contributed by atoms with Crippen LogP contribution in [0.25, 0.3) is 0 Å². The highest BCUT2D eigenvalue weighted by Crippen LogP contribution is 2.23. The molecule has 3 N–H and O–H groups in total. The van der Waals surface area contributed by atoms with Gasteiger partial charge in [-0.1, -0.05) is 0 Å². The van der Waals surface area contributed by atoms with Crippen molar-refractivity contribution in [3.63, 3.8) is 0 Å². The van der Waals surface area contributed by atoms with Crippen molar-refractivity contribution in [1.29, 1.82) is 0 Å². The molecule has 4 nitrogen and oxygen atoms in total. The molecule has 0 heterocycles. The topological polar surface area (TPSA) is 72.5 Å². The molecule has 88 valence electrons. The lowest BCUT2D eigenvalue weighted by molar-refractivity contribution is -0.138. The zero-order valence-corrected chi connectivity index (χ0v) is 8.54. The molecule has 1 atom stereocenters. The van der Waals surface area contributed by atoms with Crippen molar-refractivity contribution in [2.45, 2.75) is 12.5 Å². The van der Waals surface area contributed by atoms with Gasteiger partial charge in [0.25, 0.3) is 0 Å². The van der Waals surface area contributed by atoms with Gasteiger partial charge in [-0.2, -0.15) is 0 Å². The molecule has 0 aromatic heterocycles. The standard InChI is InChI=1S/C10H11F2NO3/c1-16-9-6(11)2-5(3-7(9)12)4-8(13)10(14)15/h2-3,8H,4,13H2,1H3,(H,14,15)/t8-/m0/s1. The third-order valence-corrected chi connectivity index (χ3v) is 2.04. The van der Waals surface area contributed by atoms with Gasteiger partial charge in [-0.05, 0) is 24.1 Å². The van der Waals surface area contributed by atoms with Crippen LogP contribution in [-0.2, 0) is 11.2 Å². The number of rotatable bonds is 4. The van der Waals surface area contributed by atoms with Crippen molar-refractivity contribution < 1.29 is 23.4 Å². The molecule has 0 radical (unpaired) electrons. The summed E-state index contributed by atoms with van der Waals surface area (Å²) in [5.74, 6) is -3.48. The Kier molecular flexibility index (Phi) is 3.78. The van der Waals surface area contributed by atoms with E-state index in [2.05, 4.69) is 4.74 Å². The van der Waals surface area contributed by atoms with Gasteiger partial charge < -0.3 is 15.6 Å². The number of halogens is 2. The van der Waals surface area contributed by atoms with Crippen molar-refractivity contribution in [1.82, 2.24) is 0 Å². The number of hydrogen-bond acceptors (Lipinski definition) is 3. The maximum Gasteiger partial charge on any atom is 0.320 e. The lowest BCUT2D eigenvalue weighted by Gasteiger charge is -2.09. The van der Waals surface area contributed by atoms with E-state index in [0.717, 1.165) is 19.2 Å². The van der Waals surface area contributed by atoms with Gasteiger partial charge in [0.05, 0.1) is 7.11 Å². The molecule has 0 aliphatic carbocycles. The van der Waals surface area contributed by atoms with Crippen molar-refractivity contribution in [3.8, 4) is 5.75 Å². The van der Waals surface area contributed by atoms with Crippen LogP contribution in [0.2, 0.25) is 0 Å². The Labute approximate surface area is 90.6 Å². The number of carboxylic acid groups (broad SMARTS) is 1. The summed E-state index contributed by atoms with van der Waals surface area (Å²) in [5.41, 5.74) is 5.42. The van der Waals surface area contributed by atoms with E-state index in [1.807, 2.05) is 0 Å². The van der Waals surface area contributed by atoms with E-state index < -0.39 is 29.4 Å². The molecule has 0 unspecified atom stereocenters. The molecule has 6 heteroatoms. The van der Waals surface area contributed by atoms with Gasteiger partial charge in [-0.3, -0.25) is 4.79 Å². The van der Waals surface area contributed by atoms with Crippen LogP contribution in [0, 0.1) is 11.6 Å². The van der Waals surface area contributed by atoms with Gasteiger partial charge >= 0.3 is 5.97 Å². The average molecular weight is 231 g/mol. The Morgan fingerprint density at radius 2 is 2.00 bits per heavy atom. The zero-order chi connectivity index (χ0) is 12.3. The largest absolute Gasteiger partial charge is 0.491 e. The molecule has 0 spiro atoms. The minimum atomic E-state index is -1.23. The van der Waals surface area contributed by atoms with Crippen LogP contribution in [0.3, 0.4) is 0 Å². The molecule has 1 aromatic rings. The molecule has 1 rings (SSSR count). The molecule has 16 heavy (non-hydrogen) atoms. The first-order valence-corrected chi connectivity index (χ1v) is 4.46. The number of carbonyl (C=O) groups is 1. The predicted octanol–water partition coefficient (Wildman–Crippen LogP) is 0.928. The van der Waals surface area contributed by atoms with Crippen molar-refractivity contribution in [2.75, 3.05) is 7.11 Å². The van der Waals surface area contributed by atoms with Crippen molar-refractivity contribution in [2.24, 2.45) is 5.73 Å². The van der Waals surface area contributed by atoms with Crippen LogP contribution in [0.5, 0.6) is 5.75 Å². The quantitative estimate of drug-likeness (QED) is 0.808. The summed E-state index contributed by atoms with van der Waals surface area (Å²) in [5, 5.41) is 8.55. The van der Waals surface area contributed by atoms with Gasteiger partial charge in [0.2, 0.25) is 0 Å². The van der Waals surface area contributed by atoms with Gasteiger partial charge in [0.1, 0.15) is 6.04 Å². The Balaban J connectivity index is 2.96. The van der Waals surface area contributed by atoms with Crippen LogP contribution >= 0.6 is 0 Å². The minimum absolute atomic E-state index is 0.146. The first kappa shape index (κ1) is 12.4. The highest BCUT2D eigenvalue weighted by Gasteiger charge is 2.16. The predicted molar refractivity (Wildman–Crippen MR) is 52.2 cm³/mol. The van der Waals surface area contributed by atoms with Gasteiger partial charge in [-0.25, -0.2) is 8.78 Å². The molecular weight excluding hydrogens is 220 g/mol. The summed E-state index contributed by atoms with van der Waals surface area (Å²) in [4.78, 5) is 10.5. The fraction of sp³-hybridized carbons (Fsp3) is 0.300. The Hall–Kier alpha value is -1.69. The summed E-state index contributed by atoms with van der Waals surface area (Å²) in [6, 6.07) is 0.822. The summed E-state index contributed by atoms with van der Waals surface area (Å²) in [6.07, 6.45) is -0.146. The Morgan fingerprint density at radius 3 is 2.38 bits per heavy atom. The summed E-state index contributed by atoms with van der Waals surface area (Å²) >= 11 is 0. The highest BCUT2D eigenvalue weighted by molar-refractivity contribution is 5.73. The third-order valence-electron chi connectivity index (χ3n) is 2.04.